The molecule has 2 unspecified atom stereocenters. The first kappa shape index (κ1) is 19.3. The Hall–Kier alpha value is -2.43. The number of nitrogens with two attached hydrogens (primary N) is 2. The van der Waals surface area contributed by atoms with E-state index in [-0.39, 0.29) is 5.41 Å². The summed E-state index contributed by atoms with van der Waals surface area (Å²) in [5, 5.41) is 0. The van der Waals surface area contributed by atoms with Crippen molar-refractivity contribution >= 4 is 6.21 Å². The lowest BCUT2D eigenvalue weighted by Gasteiger charge is -2.33. The van der Waals surface area contributed by atoms with Crippen LogP contribution in [0.3, 0.4) is 0 Å². The molecule has 1 aliphatic rings. The van der Waals surface area contributed by atoms with Crippen LogP contribution in [0.1, 0.15) is 37.5 Å². The summed E-state index contributed by atoms with van der Waals surface area (Å²) in [7, 11) is 0. The van der Waals surface area contributed by atoms with Crippen molar-refractivity contribution in [2.75, 3.05) is 0 Å². The monoisotopic (exact) mass is 363 g/mol. The zero-order valence-corrected chi connectivity index (χ0v) is 16.4. The van der Waals surface area contributed by atoms with Crippen LogP contribution in [0.15, 0.2) is 65.7 Å². The van der Waals surface area contributed by atoms with Gasteiger partial charge in [0.15, 0.2) is 0 Å². The first-order valence-corrected chi connectivity index (χ1v) is 9.33. The molecule has 142 valence electrons. The van der Waals surface area contributed by atoms with E-state index in [1.54, 1.807) is 6.21 Å². The summed E-state index contributed by atoms with van der Waals surface area (Å²) in [4.78, 5) is 4.27. The Morgan fingerprint density at radius 2 is 1.85 bits per heavy atom. The molecule has 0 amide bonds. The molecule has 1 aliphatic heterocycles. The average molecular weight is 364 g/mol. The molecule has 2 aromatic rings. The lowest BCUT2D eigenvalue weighted by Crippen LogP contribution is -2.55. The van der Waals surface area contributed by atoms with Gasteiger partial charge in [0.25, 0.3) is 0 Å². The predicted molar refractivity (Wildman–Crippen MR) is 112 cm³/mol. The van der Waals surface area contributed by atoms with Crippen molar-refractivity contribution in [2.24, 2.45) is 16.5 Å². The zero-order chi connectivity index (χ0) is 19.5. The molecule has 0 spiro atoms. The van der Waals surface area contributed by atoms with Gasteiger partial charge in [0.05, 0.1) is 5.54 Å². The molecular formula is C23H29N3O. The van der Waals surface area contributed by atoms with E-state index in [4.69, 9.17) is 16.2 Å². The van der Waals surface area contributed by atoms with Gasteiger partial charge in [0.2, 0.25) is 0 Å². The third-order valence-corrected chi connectivity index (χ3v) is 4.95. The molecule has 0 aromatic heterocycles. The molecule has 4 heteroatoms. The second kappa shape index (κ2) is 7.67. The van der Waals surface area contributed by atoms with Crippen LogP contribution in [-0.4, -0.2) is 17.9 Å². The number of nitrogens with zero attached hydrogens (tertiary/aromatic N) is 1. The summed E-state index contributed by atoms with van der Waals surface area (Å²) in [6.07, 6.45) is 5.60. The number of aliphatic imine (C=N–C) groups is 1. The lowest BCUT2D eigenvalue weighted by molar-refractivity contribution is 0.299. The largest absolute Gasteiger partial charge is 0.489 e. The molecular weight excluding hydrogens is 334 g/mol. The highest BCUT2D eigenvalue weighted by Gasteiger charge is 2.32. The van der Waals surface area contributed by atoms with Crippen LogP contribution in [0.2, 0.25) is 0 Å². The van der Waals surface area contributed by atoms with Crippen LogP contribution in [0.25, 0.3) is 0 Å². The van der Waals surface area contributed by atoms with Crippen molar-refractivity contribution in [1.82, 2.24) is 0 Å². The van der Waals surface area contributed by atoms with Crippen LogP contribution in [-0.2, 0) is 18.4 Å². The van der Waals surface area contributed by atoms with Crippen molar-refractivity contribution in [3.8, 4) is 5.75 Å². The predicted octanol–water partition coefficient (Wildman–Crippen LogP) is 3.73. The smallest absolute Gasteiger partial charge is 0.123 e. The van der Waals surface area contributed by atoms with Crippen molar-refractivity contribution in [2.45, 2.75) is 50.9 Å². The van der Waals surface area contributed by atoms with Gasteiger partial charge in [-0.3, -0.25) is 4.99 Å². The average Bonchev–Trinajstić information content (AvgIpc) is 2.63. The minimum atomic E-state index is -0.726. The normalized spacial score (nSPS) is 22.0. The van der Waals surface area contributed by atoms with Gasteiger partial charge in [-0.15, -0.1) is 0 Å². The number of dihydropyridines is 1. The Kier molecular flexibility index (Phi) is 5.49. The first-order valence-electron chi connectivity index (χ1n) is 9.33. The van der Waals surface area contributed by atoms with Gasteiger partial charge in [0, 0.05) is 12.6 Å². The van der Waals surface area contributed by atoms with Gasteiger partial charge in [-0.1, -0.05) is 69.3 Å². The van der Waals surface area contributed by atoms with Crippen molar-refractivity contribution in [3.63, 3.8) is 0 Å². The Morgan fingerprint density at radius 3 is 2.52 bits per heavy atom. The van der Waals surface area contributed by atoms with Crippen molar-refractivity contribution in [1.29, 1.82) is 0 Å². The van der Waals surface area contributed by atoms with Gasteiger partial charge in [-0.05, 0) is 34.2 Å². The molecule has 0 radical (unpaired) electrons. The highest BCUT2D eigenvalue weighted by Crippen LogP contribution is 2.31. The summed E-state index contributed by atoms with van der Waals surface area (Å²) >= 11 is 0. The number of hydrogen-bond donors (Lipinski definition) is 2. The van der Waals surface area contributed by atoms with E-state index in [1.165, 1.54) is 5.56 Å². The molecule has 2 atom stereocenters. The van der Waals surface area contributed by atoms with E-state index < -0.39 is 11.7 Å². The van der Waals surface area contributed by atoms with Gasteiger partial charge in [0.1, 0.15) is 18.5 Å². The molecule has 0 bridgehead atoms. The van der Waals surface area contributed by atoms with Crippen LogP contribution < -0.4 is 16.2 Å². The third kappa shape index (κ3) is 4.65. The summed E-state index contributed by atoms with van der Waals surface area (Å²) in [5.74, 6) is 0.840. The van der Waals surface area contributed by atoms with E-state index in [0.717, 1.165) is 16.9 Å². The van der Waals surface area contributed by atoms with Crippen molar-refractivity contribution in [3.05, 3.63) is 77.4 Å². The Morgan fingerprint density at radius 1 is 1.11 bits per heavy atom. The maximum atomic E-state index is 6.59. The summed E-state index contributed by atoms with van der Waals surface area (Å²) in [6.45, 7) is 7.11. The fourth-order valence-electron chi connectivity index (χ4n) is 3.16. The maximum absolute atomic E-state index is 6.59. The van der Waals surface area contributed by atoms with E-state index in [9.17, 15) is 0 Å². The maximum Gasteiger partial charge on any atom is 0.123 e. The molecule has 2 aromatic carbocycles. The van der Waals surface area contributed by atoms with E-state index in [1.807, 2.05) is 36.4 Å². The van der Waals surface area contributed by atoms with Crippen molar-refractivity contribution < 1.29 is 4.74 Å². The topological polar surface area (TPSA) is 73.6 Å². The Bertz CT molecular complexity index is 836. The second-order valence-corrected chi connectivity index (χ2v) is 8.24. The molecule has 4 nitrogen and oxygen atoms in total. The minimum absolute atomic E-state index is 0.0388. The SMILES string of the molecule is CC(C)(C)c1ccc(OCc2ccccc2)c(CC2(N)C=CC=NC2N)c1. The standard InChI is InChI=1S/C23H29N3O/c1-22(2,3)19-10-11-20(27-16-17-8-5-4-6-9-17)18(14-19)15-23(25)12-7-13-26-21(23)24/h4-14,21H,15-16,24-25H2,1-3H3. The summed E-state index contributed by atoms with van der Waals surface area (Å²) < 4.78 is 6.15. The van der Waals surface area contributed by atoms with Crippen LogP contribution in [0.5, 0.6) is 5.75 Å². The molecule has 1 heterocycles. The minimum Gasteiger partial charge on any atom is -0.489 e. The first-order chi connectivity index (χ1) is 12.8. The molecule has 0 fully saturated rings. The molecule has 27 heavy (non-hydrogen) atoms. The third-order valence-electron chi connectivity index (χ3n) is 4.95. The molecule has 3 rings (SSSR count). The van der Waals surface area contributed by atoms with Gasteiger partial charge in [-0.2, -0.15) is 0 Å². The number of rotatable bonds is 5. The number of allylic oxidation sites excluding steroid dienone is 1. The summed E-state index contributed by atoms with van der Waals surface area (Å²) in [5.41, 5.74) is 15.5. The molecule has 4 N–H and O–H groups in total. The molecule has 0 saturated carbocycles. The number of benzene rings is 2. The fraction of sp³-hybridized carbons (Fsp3) is 0.348. The van der Waals surface area contributed by atoms with Crippen LogP contribution >= 0.6 is 0 Å². The lowest BCUT2D eigenvalue weighted by atomic mass is 9.82. The van der Waals surface area contributed by atoms with E-state index >= 15 is 0 Å². The number of hydrogen-bond acceptors (Lipinski definition) is 4. The Balaban J connectivity index is 1.90. The van der Waals surface area contributed by atoms with Crippen LogP contribution in [0, 0.1) is 0 Å². The molecule has 0 aliphatic carbocycles. The Labute approximate surface area is 161 Å². The van der Waals surface area contributed by atoms with Gasteiger partial charge in [-0.25, -0.2) is 0 Å². The second-order valence-electron chi connectivity index (χ2n) is 8.24. The zero-order valence-electron chi connectivity index (χ0n) is 16.4. The fourth-order valence-corrected chi connectivity index (χ4v) is 3.16. The van der Waals surface area contributed by atoms with E-state index in [0.29, 0.717) is 13.0 Å². The highest BCUT2D eigenvalue weighted by atomic mass is 16.5. The van der Waals surface area contributed by atoms with Gasteiger partial charge < -0.3 is 16.2 Å². The summed E-state index contributed by atoms with van der Waals surface area (Å²) in [6, 6.07) is 16.5. The van der Waals surface area contributed by atoms with E-state index in [2.05, 4.69) is 50.0 Å². The molecule has 0 saturated heterocycles. The van der Waals surface area contributed by atoms with Crippen LogP contribution in [0.4, 0.5) is 0 Å². The quantitative estimate of drug-likeness (QED) is 0.850. The van der Waals surface area contributed by atoms with Gasteiger partial charge >= 0.3 is 0 Å². The number of ether oxygens (including phenoxy) is 1. The highest BCUT2D eigenvalue weighted by molar-refractivity contribution is 5.73.